The Hall–Kier alpha value is -0.980. The van der Waals surface area contributed by atoms with Gasteiger partial charge in [-0.15, -0.1) is 11.6 Å². The number of hydrogen-bond donors (Lipinski definition) is 0. The van der Waals surface area contributed by atoms with Crippen molar-refractivity contribution in [3.63, 3.8) is 0 Å². The van der Waals surface area contributed by atoms with Gasteiger partial charge in [-0.3, -0.25) is 4.57 Å². The first-order chi connectivity index (χ1) is 9.61. The first kappa shape index (κ1) is 14.0. The highest BCUT2D eigenvalue weighted by atomic mass is 79.9. The molecule has 0 spiro atoms. The maximum absolute atomic E-state index is 14.2. The molecule has 0 atom stereocenters. The zero-order valence-electron chi connectivity index (χ0n) is 9.95. The lowest BCUT2D eigenvalue weighted by molar-refractivity contribution is 0.616. The van der Waals surface area contributed by atoms with E-state index in [-0.39, 0.29) is 11.7 Å². The SMILES string of the molecule is Fc1cccc(Br)c1-n1c(CCl)nc2cc(Br)cnc21. The summed E-state index contributed by atoms with van der Waals surface area (Å²) < 4.78 is 17.2. The maximum atomic E-state index is 14.2. The Morgan fingerprint density at radius 2 is 2.10 bits per heavy atom. The average Bonchev–Trinajstić information content (AvgIpc) is 2.76. The van der Waals surface area contributed by atoms with E-state index in [1.54, 1.807) is 22.9 Å². The molecular formula is C13H7Br2ClFN3. The molecule has 0 amide bonds. The van der Waals surface area contributed by atoms with Gasteiger partial charge in [0.2, 0.25) is 0 Å². The van der Waals surface area contributed by atoms with Crippen molar-refractivity contribution in [2.45, 2.75) is 5.88 Å². The molecule has 0 saturated heterocycles. The van der Waals surface area contributed by atoms with Gasteiger partial charge in [0.05, 0.1) is 11.6 Å². The summed E-state index contributed by atoms with van der Waals surface area (Å²) in [6.45, 7) is 0. The molecule has 0 radical (unpaired) electrons. The van der Waals surface area contributed by atoms with Crippen LogP contribution in [-0.2, 0) is 5.88 Å². The molecular weight excluding hydrogens is 412 g/mol. The van der Waals surface area contributed by atoms with Gasteiger partial charge >= 0.3 is 0 Å². The fourth-order valence-corrected chi connectivity index (χ4v) is 3.03. The zero-order valence-corrected chi connectivity index (χ0v) is 13.9. The first-order valence-corrected chi connectivity index (χ1v) is 7.77. The molecule has 0 aliphatic heterocycles. The minimum atomic E-state index is -0.366. The van der Waals surface area contributed by atoms with E-state index < -0.39 is 0 Å². The molecule has 20 heavy (non-hydrogen) atoms. The largest absolute Gasteiger partial charge is 0.276 e. The van der Waals surface area contributed by atoms with E-state index in [1.165, 1.54) is 6.07 Å². The van der Waals surface area contributed by atoms with Gasteiger partial charge in [0.25, 0.3) is 0 Å². The Balaban J connectivity index is 2.40. The van der Waals surface area contributed by atoms with Crippen molar-refractivity contribution >= 4 is 54.6 Å². The summed E-state index contributed by atoms with van der Waals surface area (Å²) >= 11 is 12.6. The second kappa shape index (κ2) is 5.42. The molecule has 2 aromatic heterocycles. The summed E-state index contributed by atoms with van der Waals surface area (Å²) in [6.07, 6.45) is 1.65. The fourth-order valence-electron chi connectivity index (χ4n) is 2.01. The van der Waals surface area contributed by atoms with E-state index >= 15 is 0 Å². The van der Waals surface area contributed by atoms with Gasteiger partial charge < -0.3 is 0 Å². The summed E-state index contributed by atoms with van der Waals surface area (Å²) in [6, 6.07) is 6.61. The van der Waals surface area contributed by atoms with Gasteiger partial charge in [0.15, 0.2) is 5.65 Å². The Morgan fingerprint density at radius 3 is 2.80 bits per heavy atom. The molecule has 0 unspecified atom stereocenters. The summed E-state index contributed by atoms with van der Waals surface area (Å²) in [5, 5.41) is 0. The number of pyridine rings is 1. The van der Waals surface area contributed by atoms with Gasteiger partial charge in [0, 0.05) is 15.1 Å². The van der Waals surface area contributed by atoms with Crippen LogP contribution in [0, 0.1) is 5.82 Å². The van der Waals surface area contributed by atoms with Crippen molar-refractivity contribution in [3.05, 3.63) is 51.0 Å². The quantitative estimate of drug-likeness (QED) is 0.558. The molecule has 0 saturated carbocycles. The smallest absolute Gasteiger partial charge is 0.164 e. The van der Waals surface area contributed by atoms with Crippen molar-refractivity contribution in [2.24, 2.45) is 0 Å². The Bertz CT molecular complexity index is 783. The third-order valence-corrected chi connectivity index (χ3v) is 4.13. The molecule has 3 nitrogen and oxygen atoms in total. The van der Waals surface area contributed by atoms with Crippen LogP contribution in [0.5, 0.6) is 0 Å². The van der Waals surface area contributed by atoms with E-state index in [0.29, 0.717) is 27.1 Å². The third-order valence-electron chi connectivity index (χ3n) is 2.81. The molecule has 0 fully saturated rings. The van der Waals surface area contributed by atoms with Gasteiger partial charge in [-0.05, 0) is 50.1 Å². The van der Waals surface area contributed by atoms with E-state index in [0.717, 1.165) is 4.47 Å². The highest BCUT2D eigenvalue weighted by molar-refractivity contribution is 9.10. The van der Waals surface area contributed by atoms with Crippen molar-refractivity contribution < 1.29 is 4.39 Å². The highest BCUT2D eigenvalue weighted by Crippen LogP contribution is 2.29. The summed E-state index contributed by atoms with van der Waals surface area (Å²) in [7, 11) is 0. The van der Waals surface area contributed by atoms with Crippen LogP contribution in [0.4, 0.5) is 4.39 Å². The first-order valence-electron chi connectivity index (χ1n) is 5.65. The summed E-state index contributed by atoms with van der Waals surface area (Å²) in [5.41, 5.74) is 1.58. The lowest BCUT2D eigenvalue weighted by Gasteiger charge is -2.10. The summed E-state index contributed by atoms with van der Waals surface area (Å²) in [4.78, 5) is 8.72. The van der Waals surface area contributed by atoms with E-state index in [2.05, 4.69) is 41.8 Å². The van der Waals surface area contributed by atoms with Gasteiger partial charge in [0.1, 0.15) is 17.2 Å². The number of fused-ring (bicyclic) bond motifs is 1. The Labute approximate surface area is 136 Å². The lowest BCUT2D eigenvalue weighted by atomic mass is 10.3. The number of nitrogens with zero attached hydrogens (tertiary/aromatic N) is 3. The highest BCUT2D eigenvalue weighted by Gasteiger charge is 2.18. The van der Waals surface area contributed by atoms with Crippen LogP contribution in [0.1, 0.15) is 5.82 Å². The molecule has 0 aliphatic carbocycles. The molecule has 3 rings (SSSR count). The number of para-hydroxylation sites is 1. The standard InChI is InChI=1S/C13H7Br2ClFN3/c14-7-4-10-13(18-6-7)20(11(5-16)19-10)12-8(15)2-1-3-9(12)17/h1-4,6H,5H2. The van der Waals surface area contributed by atoms with Crippen LogP contribution >= 0.6 is 43.5 Å². The predicted molar refractivity (Wildman–Crippen MR) is 83.8 cm³/mol. The molecule has 102 valence electrons. The van der Waals surface area contributed by atoms with E-state index in [4.69, 9.17) is 11.6 Å². The Kier molecular flexibility index (Phi) is 3.79. The predicted octanol–water partition coefficient (Wildman–Crippen LogP) is 4.82. The zero-order chi connectivity index (χ0) is 14.3. The minimum Gasteiger partial charge on any atom is -0.276 e. The lowest BCUT2D eigenvalue weighted by Crippen LogP contribution is -2.04. The van der Waals surface area contributed by atoms with Crippen LogP contribution in [0.15, 0.2) is 39.4 Å². The molecule has 0 aliphatic rings. The van der Waals surface area contributed by atoms with E-state index in [9.17, 15) is 4.39 Å². The number of hydrogen-bond acceptors (Lipinski definition) is 2. The molecule has 3 aromatic rings. The monoisotopic (exact) mass is 417 g/mol. The van der Waals surface area contributed by atoms with Crippen molar-refractivity contribution in [1.82, 2.24) is 14.5 Å². The number of aromatic nitrogens is 3. The third kappa shape index (κ3) is 2.25. The number of imidazole rings is 1. The molecule has 1 aromatic carbocycles. The van der Waals surface area contributed by atoms with Gasteiger partial charge in [-0.2, -0.15) is 0 Å². The van der Waals surface area contributed by atoms with Gasteiger partial charge in [-0.25, -0.2) is 14.4 Å². The maximum Gasteiger partial charge on any atom is 0.164 e. The number of alkyl halides is 1. The number of halogens is 4. The molecule has 7 heteroatoms. The second-order valence-corrected chi connectivity index (χ2v) is 6.10. The second-order valence-electron chi connectivity index (χ2n) is 4.06. The number of benzene rings is 1. The normalized spacial score (nSPS) is 11.2. The van der Waals surface area contributed by atoms with Crippen LogP contribution in [0.2, 0.25) is 0 Å². The van der Waals surface area contributed by atoms with Crippen molar-refractivity contribution in [3.8, 4) is 5.69 Å². The van der Waals surface area contributed by atoms with Gasteiger partial charge in [-0.1, -0.05) is 6.07 Å². The average molecular weight is 419 g/mol. The summed E-state index contributed by atoms with van der Waals surface area (Å²) in [5.74, 6) is 0.335. The van der Waals surface area contributed by atoms with Crippen LogP contribution in [0.3, 0.4) is 0 Å². The van der Waals surface area contributed by atoms with Crippen LogP contribution < -0.4 is 0 Å². The minimum absolute atomic E-state index is 0.161. The van der Waals surface area contributed by atoms with Crippen LogP contribution in [-0.4, -0.2) is 14.5 Å². The molecule has 2 heterocycles. The topological polar surface area (TPSA) is 30.7 Å². The Morgan fingerprint density at radius 1 is 1.30 bits per heavy atom. The number of rotatable bonds is 2. The van der Waals surface area contributed by atoms with Crippen molar-refractivity contribution in [2.75, 3.05) is 0 Å². The van der Waals surface area contributed by atoms with Crippen LogP contribution in [0.25, 0.3) is 16.9 Å². The van der Waals surface area contributed by atoms with E-state index in [1.807, 2.05) is 6.07 Å². The molecule has 0 N–H and O–H groups in total. The van der Waals surface area contributed by atoms with Crippen molar-refractivity contribution in [1.29, 1.82) is 0 Å². The fraction of sp³-hybridized carbons (Fsp3) is 0.0769. The molecule has 0 bridgehead atoms.